The predicted octanol–water partition coefficient (Wildman–Crippen LogP) is 1.65. The van der Waals surface area contributed by atoms with Gasteiger partial charge >= 0.3 is 0 Å². The highest BCUT2D eigenvalue weighted by molar-refractivity contribution is 7.89. The molecule has 0 aliphatic rings. The minimum absolute atomic E-state index is 0.146. The lowest BCUT2D eigenvalue weighted by Gasteiger charge is -2.13. The Bertz CT molecular complexity index is 544. The van der Waals surface area contributed by atoms with Crippen LogP contribution in [-0.2, 0) is 14.8 Å². The minimum atomic E-state index is -3.54. The van der Waals surface area contributed by atoms with E-state index in [-0.39, 0.29) is 4.90 Å². The largest absolute Gasteiger partial charge is 0.399 e. The van der Waals surface area contributed by atoms with Gasteiger partial charge in [0.25, 0.3) is 0 Å². The molecule has 0 unspecified atom stereocenters. The fourth-order valence-corrected chi connectivity index (χ4v) is 2.64. The van der Waals surface area contributed by atoms with E-state index in [9.17, 15) is 8.42 Å². The monoisotopic (exact) mass is 315 g/mol. The Morgan fingerprint density at radius 1 is 1.29 bits per heavy atom. The van der Waals surface area contributed by atoms with Gasteiger partial charge < -0.3 is 15.8 Å². The van der Waals surface area contributed by atoms with Crippen molar-refractivity contribution in [3.63, 3.8) is 0 Å². The van der Waals surface area contributed by atoms with Crippen LogP contribution < -0.4 is 15.8 Å². The summed E-state index contributed by atoms with van der Waals surface area (Å²) in [7, 11) is -2.17. The maximum absolute atomic E-state index is 11.9. The molecular formula is C14H25N3O3S. The maximum Gasteiger partial charge on any atom is 0.242 e. The molecule has 0 amide bonds. The second-order valence-corrected chi connectivity index (χ2v) is 7.04. The molecule has 0 saturated carbocycles. The first kappa shape index (κ1) is 17.7. The predicted molar refractivity (Wildman–Crippen MR) is 85.9 cm³/mol. The molecule has 0 bridgehead atoms. The van der Waals surface area contributed by atoms with Crippen molar-refractivity contribution in [2.24, 2.45) is 5.92 Å². The van der Waals surface area contributed by atoms with Gasteiger partial charge in [0, 0.05) is 18.8 Å². The van der Waals surface area contributed by atoms with Gasteiger partial charge in [-0.05, 0) is 37.6 Å². The molecule has 1 aromatic carbocycles. The van der Waals surface area contributed by atoms with E-state index in [1.807, 2.05) is 0 Å². The van der Waals surface area contributed by atoms with Crippen LogP contribution in [0.5, 0.6) is 0 Å². The van der Waals surface area contributed by atoms with Crippen LogP contribution in [-0.4, -0.2) is 35.2 Å². The number of anilines is 2. The molecule has 0 atom stereocenters. The fourth-order valence-electron chi connectivity index (χ4n) is 1.70. The quantitative estimate of drug-likeness (QED) is 0.476. The second-order valence-electron chi connectivity index (χ2n) is 5.18. The third-order valence-electron chi connectivity index (χ3n) is 2.97. The van der Waals surface area contributed by atoms with Crippen LogP contribution in [0.15, 0.2) is 23.1 Å². The van der Waals surface area contributed by atoms with Gasteiger partial charge in [-0.3, -0.25) is 0 Å². The molecule has 0 radical (unpaired) electrons. The van der Waals surface area contributed by atoms with Gasteiger partial charge in [-0.25, -0.2) is 13.1 Å². The molecule has 0 heterocycles. The molecule has 120 valence electrons. The topological polar surface area (TPSA) is 93.5 Å². The summed E-state index contributed by atoms with van der Waals surface area (Å²) in [5.74, 6) is 0.613. The van der Waals surface area contributed by atoms with Crippen LogP contribution in [0.4, 0.5) is 11.4 Å². The van der Waals surface area contributed by atoms with E-state index in [0.29, 0.717) is 37.1 Å². The number of rotatable bonds is 9. The molecule has 1 rings (SSSR count). The average molecular weight is 315 g/mol. The first-order chi connectivity index (χ1) is 9.86. The summed E-state index contributed by atoms with van der Waals surface area (Å²) in [6.45, 7) is 6.06. The zero-order valence-corrected chi connectivity index (χ0v) is 13.7. The SMILES string of the molecule is CNS(=O)(=O)c1cc(N)ccc1NCCOCCC(C)C. The Hall–Kier alpha value is -1.31. The van der Waals surface area contributed by atoms with Crippen molar-refractivity contribution in [2.45, 2.75) is 25.2 Å². The average Bonchev–Trinajstić information content (AvgIpc) is 2.43. The van der Waals surface area contributed by atoms with Gasteiger partial charge in [-0.1, -0.05) is 13.8 Å². The molecule has 4 N–H and O–H groups in total. The molecule has 1 aromatic rings. The lowest BCUT2D eigenvalue weighted by molar-refractivity contribution is 0.132. The van der Waals surface area contributed by atoms with Gasteiger partial charge in [0.15, 0.2) is 0 Å². The van der Waals surface area contributed by atoms with E-state index >= 15 is 0 Å². The normalized spacial score (nSPS) is 11.8. The van der Waals surface area contributed by atoms with Crippen molar-refractivity contribution < 1.29 is 13.2 Å². The first-order valence-corrected chi connectivity index (χ1v) is 8.50. The molecule has 6 nitrogen and oxygen atoms in total. The molecule has 0 aromatic heterocycles. The zero-order valence-electron chi connectivity index (χ0n) is 12.8. The van der Waals surface area contributed by atoms with Gasteiger partial charge in [-0.15, -0.1) is 0 Å². The van der Waals surface area contributed by atoms with Crippen molar-refractivity contribution >= 4 is 21.4 Å². The van der Waals surface area contributed by atoms with Crippen molar-refractivity contribution in [2.75, 3.05) is 37.9 Å². The summed E-state index contributed by atoms with van der Waals surface area (Å²) in [6, 6.07) is 4.76. The number of sulfonamides is 1. The van der Waals surface area contributed by atoms with Crippen molar-refractivity contribution in [1.82, 2.24) is 4.72 Å². The van der Waals surface area contributed by atoms with E-state index in [0.717, 1.165) is 6.42 Å². The highest BCUT2D eigenvalue weighted by Crippen LogP contribution is 2.23. The molecular weight excluding hydrogens is 290 g/mol. The zero-order chi connectivity index (χ0) is 15.9. The van der Waals surface area contributed by atoms with Crippen molar-refractivity contribution in [3.8, 4) is 0 Å². The lowest BCUT2D eigenvalue weighted by Crippen LogP contribution is -2.21. The molecule has 0 aliphatic heterocycles. The summed E-state index contributed by atoms with van der Waals surface area (Å²) in [4.78, 5) is 0.146. The van der Waals surface area contributed by atoms with Crippen LogP contribution in [0, 0.1) is 5.92 Å². The van der Waals surface area contributed by atoms with Crippen LogP contribution in [0.2, 0.25) is 0 Å². The Morgan fingerprint density at radius 3 is 2.62 bits per heavy atom. The van der Waals surface area contributed by atoms with Crippen LogP contribution in [0.25, 0.3) is 0 Å². The number of nitrogens with two attached hydrogens (primary N) is 1. The van der Waals surface area contributed by atoms with E-state index < -0.39 is 10.0 Å². The molecule has 0 saturated heterocycles. The maximum atomic E-state index is 11.9. The smallest absolute Gasteiger partial charge is 0.242 e. The lowest BCUT2D eigenvalue weighted by atomic mass is 10.1. The minimum Gasteiger partial charge on any atom is -0.399 e. The molecule has 0 fully saturated rings. The van der Waals surface area contributed by atoms with Gasteiger partial charge in [0.2, 0.25) is 10.0 Å². The highest BCUT2D eigenvalue weighted by atomic mass is 32.2. The van der Waals surface area contributed by atoms with Crippen molar-refractivity contribution in [3.05, 3.63) is 18.2 Å². The number of hydrogen-bond donors (Lipinski definition) is 3. The van der Waals surface area contributed by atoms with Gasteiger partial charge in [-0.2, -0.15) is 0 Å². The highest BCUT2D eigenvalue weighted by Gasteiger charge is 2.16. The summed E-state index contributed by atoms with van der Waals surface area (Å²) in [5.41, 5.74) is 6.58. The van der Waals surface area contributed by atoms with Gasteiger partial charge in [0.05, 0.1) is 12.3 Å². The molecule has 21 heavy (non-hydrogen) atoms. The second kappa shape index (κ2) is 8.21. The standard InChI is InChI=1S/C14H25N3O3S/c1-11(2)6-8-20-9-7-17-13-5-4-12(15)10-14(13)21(18,19)16-3/h4-5,10-11,16-17H,6-9,15H2,1-3H3. The van der Waals surface area contributed by atoms with Crippen LogP contribution in [0.3, 0.4) is 0 Å². The Labute approximate surface area is 127 Å². The molecule has 7 heteroatoms. The van der Waals surface area contributed by atoms with Crippen LogP contribution >= 0.6 is 0 Å². The Morgan fingerprint density at radius 2 is 2.00 bits per heavy atom. The Balaban J connectivity index is 2.59. The van der Waals surface area contributed by atoms with E-state index in [4.69, 9.17) is 10.5 Å². The number of nitrogens with one attached hydrogen (secondary N) is 2. The first-order valence-electron chi connectivity index (χ1n) is 7.01. The molecule has 0 spiro atoms. The summed E-state index contributed by atoms with van der Waals surface area (Å²) < 4.78 is 31.7. The fraction of sp³-hybridized carbons (Fsp3) is 0.571. The van der Waals surface area contributed by atoms with Crippen molar-refractivity contribution in [1.29, 1.82) is 0 Å². The molecule has 0 aliphatic carbocycles. The summed E-state index contributed by atoms with van der Waals surface area (Å²) >= 11 is 0. The number of ether oxygens (including phenoxy) is 1. The van der Waals surface area contributed by atoms with E-state index in [2.05, 4.69) is 23.9 Å². The third kappa shape index (κ3) is 5.91. The summed E-state index contributed by atoms with van der Waals surface area (Å²) in [5, 5.41) is 3.07. The van der Waals surface area contributed by atoms with E-state index in [1.165, 1.54) is 13.1 Å². The number of hydrogen-bond acceptors (Lipinski definition) is 5. The third-order valence-corrected chi connectivity index (χ3v) is 4.42. The number of benzene rings is 1. The van der Waals surface area contributed by atoms with E-state index in [1.54, 1.807) is 12.1 Å². The van der Waals surface area contributed by atoms with Crippen LogP contribution in [0.1, 0.15) is 20.3 Å². The summed E-state index contributed by atoms with van der Waals surface area (Å²) in [6.07, 6.45) is 1.02. The Kier molecular flexibility index (Phi) is 6.94. The number of nitrogen functional groups attached to an aromatic ring is 1. The van der Waals surface area contributed by atoms with Gasteiger partial charge in [0.1, 0.15) is 4.90 Å².